The van der Waals surface area contributed by atoms with Gasteiger partial charge in [-0.05, 0) is 49.2 Å². The second-order valence-corrected chi connectivity index (χ2v) is 7.77. The molecule has 6 nitrogen and oxygen atoms in total. The minimum absolute atomic E-state index is 0.250. The summed E-state index contributed by atoms with van der Waals surface area (Å²) in [5.41, 5.74) is 0.831. The van der Waals surface area contributed by atoms with Crippen LogP contribution < -0.4 is 5.32 Å². The van der Waals surface area contributed by atoms with Crippen LogP contribution in [0.4, 0.5) is 5.69 Å². The first-order chi connectivity index (χ1) is 13.8. The Morgan fingerprint density at radius 2 is 1.72 bits per heavy atom. The molecule has 0 aromatic heterocycles. The molecule has 1 fully saturated rings. The zero-order valence-electron chi connectivity index (χ0n) is 15.4. The number of amides is 2. The van der Waals surface area contributed by atoms with Crippen LogP contribution in [0, 0.1) is 0 Å². The number of likely N-dealkylation sites (tertiary alicyclic amines) is 1. The van der Waals surface area contributed by atoms with Crippen molar-refractivity contribution in [2.45, 2.75) is 18.9 Å². The molecule has 9 heteroatoms. The Morgan fingerprint density at radius 1 is 1.03 bits per heavy atom. The van der Waals surface area contributed by atoms with E-state index in [4.69, 9.17) is 34.8 Å². The first-order valence-electron chi connectivity index (χ1n) is 8.76. The summed E-state index contributed by atoms with van der Waals surface area (Å²) in [6.45, 7) is 0.428. The number of nitrogens with one attached hydrogen (secondary N) is 1. The molecule has 0 radical (unpaired) electrons. The van der Waals surface area contributed by atoms with Crippen molar-refractivity contribution >= 4 is 58.3 Å². The lowest BCUT2D eigenvalue weighted by Gasteiger charge is -2.24. The van der Waals surface area contributed by atoms with Gasteiger partial charge in [-0.25, -0.2) is 4.79 Å². The van der Waals surface area contributed by atoms with Gasteiger partial charge in [-0.3, -0.25) is 9.59 Å². The summed E-state index contributed by atoms with van der Waals surface area (Å²) in [7, 11) is 1.26. The molecule has 1 N–H and O–H groups in total. The van der Waals surface area contributed by atoms with Crippen LogP contribution in [0.25, 0.3) is 0 Å². The average molecular weight is 456 g/mol. The first kappa shape index (κ1) is 21.4. The van der Waals surface area contributed by atoms with Gasteiger partial charge in [0.15, 0.2) is 0 Å². The molecule has 3 rings (SSSR count). The van der Waals surface area contributed by atoms with Gasteiger partial charge in [-0.15, -0.1) is 0 Å². The highest BCUT2D eigenvalue weighted by Gasteiger charge is 2.35. The molecular weight excluding hydrogens is 439 g/mol. The number of benzene rings is 2. The Balaban J connectivity index is 1.80. The van der Waals surface area contributed by atoms with Crippen LogP contribution in [0.15, 0.2) is 36.4 Å². The van der Waals surface area contributed by atoms with Crippen LogP contribution in [-0.2, 0) is 9.53 Å². The number of halogens is 3. The number of methoxy groups -OCH3 is 1. The highest BCUT2D eigenvalue weighted by atomic mass is 35.5. The van der Waals surface area contributed by atoms with Crippen molar-refractivity contribution in [3.63, 3.8) is 0 Å². The van der Waals surface area contributed by atoms with Crippen molar-refractivity contribution in [1.29, 1.82) is 0 Å². The van der Waals surface area contributed by atoms with E-state index in [9.17, 15) is 14.4 Å². The van der Waals surface area contributed by atoms with Crippen molar-refractivity contribution < 1.29 is 19.1 Å². The SMILES string of the molecule is COC(=O)c1ccc(Cl)c(NC(=O)C2CCCN2C(=O)c2cc(Cl)cc(Cl)c2)c1. The number of ether oxygens (including phenoxy) is 1. The van der Waals surface area contributed by atoms with Gasteiger partial charge >= 0.3 is 5.97 Å². The topological polar surface area (TPSA) is 75.7 Å². The van der Waals surface area contributed by atoms with Crippen molar-refractivity contribution in [1.82, 2.24) is 4.90 Å². The number of nitrogens with zero attached hydrogens (tertiary/aromatic N) is 1. The monoisotopic (exact) mass is 454 g/mol. The Hall–Kier alpha value is -2.28. The fourth-order valence-electron chi connectivity index (χ4n) is 3.21. The summed E-state index contributed by atoms with van der Waals surface area (Å²) in [4.78, 5) is 39.0. The molecule has 1 aliphatic rings. The van der Waals surface area contributed by atoms with E-state index in [1.807, 2.05) is 0 Å². The summed E-state index contributed by atoms with van der Waals surface area (Å²) in [6, 6.07) is 8.30. The van der Waals surface area contributed by atoms with Crippen LogP contribution in [0.5, 0.6) is 0 Å². The van der Waals surface area contributed by atoms with Gasteiger partial charge in [-0.1, -0.05) is 34.8 Å². The minimum atomic E-state index is -0.682. The minimum Gasteiger partial charge on any atom is -0.465 e. The molecule has 0 bridgehead atoms. The van der Waals surface area contributed by atoms with Gasteiger partial charge in [0, 0.05) is 22.2 Å². The van der Waals surface area contributed by atoms with Gasteiger partial charge in [0.05, 0.1) is 23.4 Å². The van der Waals surface area contributed by atoms with Crippen LogP contribution >= 0.6 is 34.8 Å². The normalized spacial score (nSPS) is 15.9. The van der Waals surface area contributed by atoms with Gasteiger partial charge in [0.2, 0.25) is 5.91 Å². The standard InChI is InChI=1S/C20H17Cl3N2O4/c1-29-20(28)11-4-5-15(23)16(9-11)24-18(26)17-3-2-6-25(17)19(27)12-7-13(21)10-14(22)8-12/h4-5,7-10,17H,2-3,6H2,1H3,(H,24,26). The molecule has 152 valence electrons. The maximum atomic E-state index is 12.9. The third-order valence-corrected chi connectivity index (χ3v) is 5.34. The third-order valence-electron chi connectivity index (χ3n) is 4.57. The van der Waals surface area contributed by atoms with Crippen LogP contribution in [0.3, 0.4) is 0 Å². The van der Waals surface area contributed by atoms with Crippen LogP contribution in [-0.4, -0.2) is 42.4 Å². The largest absolute Gasteiger partial charge is 0.465 e. The second-order valence-electron chi connectivity index (χ2n) is 6.49. The van der Waals surface area contributed by atoms with E-state index < -0.39 is 17.9 Å². The van der Waals surface area contributed by atoms with E-state index in [0.29, 0.717) is 35.0 Å². The smallest absolute Gasteiger partial charge is 0.337 e. The molecule has 1 saturated heterocycles. The molecule has 0 spiro atoms. The summed E-state index contributed by atoms with van der Waals surface area (Å²) in [6.07, 6.45) is 1.17. The number of esters is 1. The predicted octanol–water partition coefficient (Wildman–Crippen LogP) is 4.68. The molecular formula is C20H17Cl3N2O4. The number of rotatable bonds is 4. The number of hydrogen-bond acceptors (Lipinski definition) is 4. The molecule has 1 aliphatic heterocycles. The van der Waals surface area contributed by atoms with Crippen LogP contribution in [0.2, 0.25) is 15.1 Å². The Bertz CT molecular complexity index is 960. The molecule has 0 aliphatic carbocycles. The van der Waals surface area contributed by atoms with E-state index in [1.165, 1.54) is 48.4 Å². The molecule has 2 aromatic rings. The summed E-state index contributed by atoms with van der Waals surface area (Å²) >= 11 is 18.1. The molecule has 2 amide bonds. The number of carbonyl (C=O) groups excluding carboxylic acids is 3. The Morgan fingerprint density at radius 3 is 2.38 bits per heavy atom. The fraction of sp³-hybridized carbons (Fsp3) is 0.250. The van der Waals surface area contributed by atoms with Gasteiger partial charge in [0.25, 0.3) is 5.91 Å². The van der Waals surface area contributed by atoms with Gasteiger partial charge < -0.3 is 15.0 Å². The second kappa shape index (κ2) is 9.03. The first-order valence-corrected chi connectivity index (χ1v) is 9.89. The van der Waals surface area contributed by atoms with Crippen molar-refractivity contribution in [2.75, 3.05) is 19.0 Å². The zero-order chi connectivity index (χ0) is 21.1. The van der Waals surface area contributed by atoms with Gasteiger partial charge in [-0.2, -0.15) is 0 Å². The van der Waals surface area contributed by atoms with E-state index in [-0.39, 0.29) is 22.2 Å². The Kier molecular flexibility index (Phi) is 6.67. The Labute approximate surface area is 182 Å². The van der Waals surface area contributed by atoms with Crippen molar-refractivity contribution in [3.8, 4) is 0 Å². The maximum Gasteiger partial charge on any atom is 0.337 e. The van der Waals surface area contributed by atoms with E-state index >= 15 is 0 Å². The lowest BCUT2D eigenvalue weighted by molar-refractivity contribution is -0.119. The van der Waals surface area contributed by atoms with Crippen molar-refractivity contribution in [2.24, 2.45) is 0 Å². The van der Waals surface area contributed by atoms with E-state index in [1.54, 1.807) is 0 Å². The van der Waals surface area contributed by atoms with E-state index in [2.05, 4.69) is 10.1 Å². The molecule has 2 aromatic carbocycles. The maximum absolute atomic E-state index is 12.9. The number of anilines is 1. The molecule has 1 atom stereocenters. The molecule has 29 heavy (non-hydrogen) atoms. The lowest BCUT2D eigenvalue weighted by Crippen LogP contribution is -2.43. The quantitative estimate of drug-likeness (QED) is 0.679. The van der Waals surface area contributed by atoms with Gasteiger partial charge in [0.1, 0.15) is 6.04 Å². The highest BCUT2D eigenvalue weighted by molar-refractivity contribution is 6.35. The summed E-state index contributed by atoms with van der Waals surface area (Å²) < 4.78 is 4.68. The summed E-state index contributed by atoms with van der Waals surface area (Å²) in [5, 5.41) is 3.65. The highest BCUT2D eigenvalue weighted by Crippen LogP contribution is 2.27. The third kappa shape index (κ3) is 4.83. The van der Waals surface area contributed by atoms with Crippen molar-refractivity contribution in [3.05, 3.63) is 62.6 Å². The van der Waals surface area contributed by atoms with Crippen LogP contribution in [0.1, 0.15) is 33.6 Å². The number of carbonyl (C=O) groups is 3. The lowest BCUT2D eigenvalue weighted by atomic mass is 10.1. The predicted molar refractivity (Wildman–Crippen MR) is 112 cm³/mol. The molecule has 1 heterocycles. The average Bonchev–Trinajstić information content (AvgIpc) is 3.17. The molecule has 1 unspecified atom stereocenters. The zero-order valence-corrected chi connectivity index (χ0v) is 17.6. The summed E-state index contributed by atoms with van der Waals surface area (Å²) in [5.74, 6) is -1.28. The number of hydrogen-bond donors (Lipinski definition) is 1. The van der Waals surface area contributed by atoms with E-state index in [0.717, 1.165) is 0 Å². The fourth-order valence-corrected chi connectivity index (χ4v) is 3.90. The molecule has 0 saturated carbocycles.